The van der Waals surface area contributed by atoms with Gasteiger partial charge in [-0.15, -0.1) is 0 Å². The van der Waals surface area contributed by atoms with Gasteiger partial charge >= 0.3 is 5.97 Å². The molecule has 1 saturated carbocycles. The van der Waals surface area contributed by atoms with Crippen molar-refractivity contribution < 1.29 is 28.5 Å². The SMILES string of the molecule is COc1ccc(C(=O)Nc2c(Cl)cncc2Cl)cc1O[C@H]1CC[C@@H](OC(=O)c2cccc(CN3CCOCC3)c2)C1. The number of methoxy groups -OCH3 is 1. The molecule has 2 aromatic carbocycles. The van der Waals surface area contributed by atoms with E-state index in [4.69, 9.17) is 42.1 Å². The number of carbonyl (C=O) groups is 2. The van der Waals surface area contributed by atoms with Gasteiger partial charge < -0.3 is 24.3 Å². The highest BCUT2D eigenvalue weighted by Crippen LogP contribution is 2.35. The first-order valence-corrected chi connectivity index (χ1v) is 14.2. The van der Waals surface area contributed by atoms with Crippen LogP contribution in [0.15, 0.2) is 54.9 Å². The first-order chi connectivity index (χ1) is 19.9. The van der Waals surface area contributed by atoms with Crippen molar-refractivity contribution in [3.8, 4) is 11.5 Å². The van der Waals surface area contributed by atoms with Crippen LogP contribution in [-0.4, -0.2) is 67.4 Å². The molecule has 5 rings (SSSR count). The molecular formula is C30H31Cl2N3O6. The fraction of sp³-hybridized carbons (Fsp3) is 0.367. The van der Waals surface area contributed by atoms with E-state index >= 15 is 0 Å². The fourth-order valence-electron chi connectivity index (χ4n) is 4.95. The van der Waals surface area contributed by atoms with Gasteiger partial charge in [0.15, 0.2) is 11.5 Å². The van der Waals surface area contributed by atoms with Gasteiger partial charge in [0.25, 0.3) is 5.91 Å². The van der Waals surface area contributed by atoms with Gasteiger partial charge in [-0.3, -0.25) is 14.7 Å². The highest BCUT2D eigenvalue weighted by atomic mass is 35.5. The summed E-state index contributed by atoms with van der Waals surface area (Å²) in [7, 11) is 1.53. The van der Waals surface area contributed by atoms with Gasteiger partial charge in [-0.1, -0.05) is 35.3 Å². The molecule has 0 radical (unpaired) electrons. The van der Waals surface area contributed by atoms with E-state index in [0.29, 0.717) is 41.9 Å². The lowest BCUT2D eigenvalue weighted by atomic mass is 10.1. The van der Waals surface area contributed by atoms with Crippen molar-refractivity contribution in [1.29, 1.82) is 0 Å². The number of anilines is 1. The summed E-state index contributed by atoms with van der Waals surface area (Å²) in [5.74, 6) is 0.143. The smallest absolute Gasteiger partial charge is 0.338 e. The van der Waals surface area contributed by atoms with Crippen LogP contribution in [0.2, 0.25) is 10.0 Å². The van der Waals surface area contributed by atoms with Crippen molar-refractivity contribution in [2.45, 2.75) is 38.0 Å². The second-order valence-electron chi connectivity index (χ2n) is 9.97. The molecule has 0 unspecified atom stereocenters. The third-order valence-electron chi connectivity index (χ3n) is 7.09. The van der Waals surface area contributed by atoms with Crippen LogP contribution < -0.4 is 14.8 Å². The molecule has 1 aromatic heterocycles. The molecule has 2 fully saturated rings. The largest absolute Gasteiger partial charge is 0.493 e. The zero-order valence-corrected chi connectivity index (χ0v) is 24.1. The number of nitrogens with zero attached hydrogens (tertiary/aromatic N) is 2. The van der Waals surface area contributed by atoms with E-state index in [-0.39, 0.29) is 33.9 Å². The standard InChI is InChI=1S/C30H31Cl2N3O6/c1-38-26-8-5-20(29(36)34-28-24(31)16-33-17-25(28)32)14-27(26)40-22-6-7-23(15-22)41-30(37)21-4-2-3-19(13-21)18-35-9-11-39-12-10-35/h2-5,8,13-14,16-17,22-23H,6-7,9-12,15,18H2,1H3,(H,33,34,36)/t22-,23+/m0/s1. The number of nitrogens with one attached hydrogen (secondary N) is 1. The molecule has 41 heavy (non-hydrogen) atoms. The number of amides is 1. The van der Waals surface area contributed by atoms with E-state index in [9.17, 15) is 9.59 Å². The fourth-order valence-corrected chi connectivity index (χ4v) is 5.41. The monoisotopic (exact) mass is 599 g/mol. The minimum Gasteiger partial charge on any atom is -0.493 e. The Morgan fingerprint density at radius 3 is 2.51 bits per heavy atom. The molecule has 1 amide bonds. The number of morpholine rings is 1. The number of ether oxygens (including phenoxy) is 4. The summed E-state index contributed by atoms with van der Waals surface area (Å²) in [5, 5.41) is 3.17. The third-order valence-corrected chi connectivity index (χ3v) is 7.67. The molecule has 1 aliphatic heterocycles. The Morgan fingerprint density at radius 1 is 1.00 bits per heavy atom. The molecule has 11 heteroatoms. The van der Waals surface area contributed by atoms with Crippen molar-refractivity contribution >= 4 is 40.8 Å². The number of carbonyl (C=O) groups excluding carboxylic acids is 2. The lowest BCUT2D eigenvalue weighted by Gasteiger charge is -2.26. The van der Waals surface area contributed by atoms with Crippen LogP contribution in [0, 0.1) is 0 Å². The summed E-state index contributed by atoms with van der Waals surface area (Å²) < 4.78 is 22.9. The Hall–Kier alpha value is -3.37. The molecule has 216 valence electrons. The van der Waals surface area contributed by atoms with Gasteiger partial charge in [-0.25, -0.2) is 4.79 Å². The Morgan fingerprint density at radius 2 is 1.76 bits per heavy atom. The van der Waals surface area contributed by atoms with E-state index in [1.54, 1.807) is 24.3 Å². The number of benzene rings is 2. The molecule has 1 aliphatic carbocycles. The van der Waals surface area contributed by atoms with E-state index in [1.165, 1.54) is 19.5 Å². The topological polar surface area (TPSA) is 99.2 Å². The molecule has 2 aliphatic rings. The van der Waals surface area contributed by atoms with Crippen LogP contribution >= 0.6 is 23.2 Å². The van der Waals surface area contributed by atoms with Gasteiger partial charge in [0.2, 0.25) is 0 Å². The number of esters is 1. The Labute approximate surface area is 248 Å². The normalized spacial score (nSPS) is 19.0. The zero-order valence-electron chi connectivity index (χ0n) is 22.6. The van der Waals surface area contributed by atoms with Gasteiger partial charge in [0.05, 0.1) is 41.6 Å². The first-order valence-electron chi connectivity index (χ1n) is 13.4. The van der Waals surface area contributed by atoms with E-state index in [2.05, 4.69) is 15.2 Å². The minimum atomic E-state index is -0.415. The molecule has 1 N–H and O–H groups in total. The lowest BCUT2D eigenvalue weighted by molar-refractivity contribution is 0.0290. The van der Waals surface area contributed by atoms with Crippen LogP contribution in [0.1, 0.15) is 45.5 Å². The number of pyridine rings is 1. The zero-order chi connectivity index (χ0) is 28.8. The van der Waals surface area contributed by atoms with Crippen LogP contribution in [-0.2, 0) is 16.0 Å². The van der Waals surface area contributed by atoms with Gasteiger partial charge in [0.1, 0.15) is 12.2 Å². The maximum Gasteiger partial charge on any atom is 0.338 e. The van der Waals surface area contributed by atoms with Crippen molar-refractivity contribution in [2.24, 2.45) is 0 Å². The van der Waals surface area contributed by atoms with Crippen LogP contribution in [0.25, 0.3) is 0 Å². The maximum atomic E-state index is 12.9. The van der Waals surface area contributed by atoms with E-state index in [0.717, 1.165) is 38.4 Å². The quantitative estimate of drug-likeness (QED) is 0.315. The number of rotatable bonds is 9. The van der Waals surface area contributed by atoms with E-state index < -0.39 is 5.91 Å². The first kappa shape index (κ1) is 29.1. The number of hydrogen-bond donors (Lipinski definition) is 1. The molecular weight excluding hydrogens is 569 g/mol. The van der Waals surface area contributed by atoms with Crippen LogP contribution in [0.4, 0.5) is 5.69 Å². The number of halogens is 2. The van der Waals surface area contributed by atoms with E-state index in [1.807, 2.05) is 18.2 Å². The van der Waals surface area contributed by atoms with Crippen molar-refractivity contribution in [3.05, 3.63) is 81.6 Å². The van der Waals surface area contributed by atoms with Gasteiger partial charge in [0, 0.05) is 44.0 Å². The third kappa shape index (κ3) is 7.48. The minimum absolute atomic E-state index is 0.211. The Balaban J connectivity index is 1.19. The molecule has 0 spiro atoms. The summed E-state index contributed by atoms with van der Waals surface area (Å²) in [6, 6.07) is 12.5. The lowest BCUT2D eigenvalue weighted by Crippen LogP contribution is -2.35. The summed E-state index contributed by atoms with van der Waals surface area (Å²) in [6.07, 6.45) is 4.21. The summed E-state index contributed by atoms with van der Waals surface area (Å²) in [6.45, 7) is 3.98. The van der Waals surface area contributed by atoms with Crippen LogP contribution in [0.3, 0.4) is 0 Å². The second kappa shape index (κ2) is 13.5. The average Bonchev–Trinajstić information content (AvgIpc) is 3.42. The van der Waals surface area contributed by atoms with Crippen molar-refractivity contribution in [1.82, 2.24) is 9.88 Å². The maximum absolute atomic E-state index is 12.9. The Bertz CT molecular complexity index is 1380. The van der Waals surface area contributed by atoms with Crippen molar-refractivity contribution in [2.75, 3.05) is 38.7 Å². The van der Waals surface area contributed by atoms with Crippen LogP contribution in [0.5, 0.6) is 11.5 Å². The van der Waals surface area contributed by atoms with Gasteiger partial charge in [-0.05, 0) is 48.7 Å². The highest BCUT2D eigenvalue weighted by molar-refractivity contribution is 6.39. The summed E-state index contributed by atoms with van der Waals surface area (Å²) in [4.78, 5) is 32.1. The van der Waals surface area contributed by atoms with Gasteiger partial charge in [-0.2, -0.15) is 0 Å². The molecule has 2 heterocycles. The second-order valence-corrected chi connectivity index (χ2v) is 10.8. The molecule has 9 nitrogen and oxygen atoms in total. The predicted octanol–water partition coefficient (Wildman–Crippen LogP) is 5.64. The van der Waals surface area contributed by atoms with Crippen molar-refractivity contribution in [3.63, 3.8) is 0 Å². The summed E-state index contributed by atoms with van der Waals surface area (Å²) >= 11 is 12.3. The number of hydrogen-bond acceptors (Lipinski definition) is 8. The highest BCUT2D eigenvalue weighted by Gasteiger charge is 2.30. The average molecular weight is 600 g/mol. The summed E-state index contributed by atoms with van der Waals surface area (Å²) in [5.41, 5.74) is 2.22. The predicted molar refractivity (Wildman–Crippen MR) is 155 cm³/mol. The molecule has 1 saturated heterocycles. The molecule has 2 atom stereocenters. The number of aromatic nitrogens is 1. The molecule has 3 aromatic rings. The molecule has 0 bridgehead atoms. The Kier molecular flexibility index (Phi) is 9.61.